The summed E-state index contributed by atoms with van der Waals surface area (Å²) in [6, 6.07) is 1.43. The molecule has 2 rings (SSSR count). The van der Waals surface area contributed by atoms with Crippen LogP contribution in [-0.2, 0) is 0 Å². The van der Waals surface area contributed by atoms with Crippen LogP contribution in [-0.4, -0.2) is 61.2 Å². The van der Waals surface area contributed by atoms with Crippen LogP contribution in [0.1, 0.15) is 53.4 Å². The smallest absolute Gasteiger partial charge is 0.0223 e. The van der Waals surface area contributed by atoms with Gasteiger partial charge in [-0.1, -0.05) is 20.8 Å². The van der Waals surface area contributed by atoms with Crippen LogP contribution in [0.4, 0.5) is 0 Å². The molecule has 20 heavy (non-hydrogen) atoms. The van der Waals surface area contributed by atoms with Crippen molar-refractivity contribution in [2.24, 2.45) is 5.41 Å². The zero-order valence-corrected chi connectivity index (χ0v) is 14.1. The Hall–Kier alpha value is -0.120. The molecule has 1 N–H and O–H groups in total. The van der Waals surface area contributed by atoms with E-state index in [9.17, 15) is 0 Å². The highest BCUT2D eigenvalue weighted by molar-refractivity contribution is 4.89. The molecule has 2 aliphatic rings. The Morgan fingerprint density at radius 3 is 2.70 bits per heavy atom. The lowest BCUT2D eigenvalue weighted by Crippen LogP contribution is -2.48. The number of nitrogens with one attached hydrogen (secondary N) is 1. The minimum absolute atomic E-state index is 0.350. The Kier molecular flexibility index (Phi) is 5.88. The summed E-state index contributed by atoms with van der Waals surface area (Å²) >= 11 is 0. The molecule has 2 aliphatic heterocycles. The van der Waals surface area contributed by atoms with Gasteiger partial charge in [0.2, 0.25) is 0 Å². The van der Waals surface area contributed by atoms with E-state index in [2.05, 4.69) is 42.8 Å². The Morgan fingerprint density at radius 1 is 1.20 bits per heavy atom. The van der Waals surface area contributed by atoms with Crippen LogP contribution >= 0.6 is 0 Å². The lowest BCUT2D eigenvalue weighted by Gasteiger charge is -2.38. The summed E-state index contributed by atoms with van der Waals surface area (Å²) in [6.07, 6.45) is 5.40. The zero-order valence-electron chi connectivity index (χ0n) is 14.1. The average Bonchev–Trinajstić information content (AvgIpc) is 2.74. The van der Waals surface area contributed by atoms with Crippen LogP contribution in [0, 0.1) is 5.41 Å². The Bertz CT molecular complexity index is 290. The van der Waals surface area contributed by atoms with Crippen LogP contribution in [0.15, 0.2) is 0 Å². The SMILES string of the molecule is CCCNC(C)C(C)(C)CN1CCCN2CCCC2C1. The van der Waals surface area contributed by atoms with E-state index in [-0.39, 0.29) is 0 Å². The van der Waals surface area contributed by atoms with Crippen molar-refractivity contribution in [1.29, 1.82) is 0 Å². The fourth-order valence-electron chi connectivity index (χ4n) is 3.78. The predicted molar refractivity (Wildman–Crippen MR) is 87.2 cm³/mol. The molecule has 2 fully saturated rings. The van der Waals surface area contributed by atoms with Gasteiger partial charge in [0.25, 0.3) is 0 Å². The third kappa shape index (κ3) is 4.19. The Morgan fingerprint density at radius 2 is 1.95 bits per heavy atom. The maximum absolute atomic E-state index is 3.69. The standard InChI is InChI=1S/C17H35N3/c1-5-9-18-15(2)17(3,4)14-19-10-7-12-20-11-6-8-16(20)13-19/h15-16,18H,5-14H2,1-4H3. The molecule has 0 aliphatic carbocycles. The van der Waals surface area contributed by atoms with Crippen LogP contribution in [0.5, 0.6) is 0 Å². The molecule has 0 aromatic heterocycles. The molecule has 2 saturated heterocycles. The van der Waals surface area contributed by atoms with Gasteiger partial charge in [0, 0.05) is 25.2 Å². The molecular weight excluding hydrogens is 246 g/mol. The van der Waals surface area contributed by atoms with Crippen molar-refractivity contribution in [3.63, 3.8) is 0 Å². The first-order chi connectivity index (χ1) is 9.53. The molecule has 2 heterocycles. The largest absolute Gasteiger partial charge is 0.314 e. The average molecular weight is 281 g/mol. The highest BCUT2D eigenvalue weighted by Gasteiger charge is 2.33. The third-order valence-corrected chi connectivity index (χ3v) is 5.39. The normalized spacial score (nSPS) is 27.3. The number of hydrogen-bond acceptors (Lipinski definition) is 3. The molecular formula is C17H35N3. The summed E-state index contributed by atoms with van der Waals surface area (Å²) in [5.74, 6) is 0. The molecule has 0 radical (unpaired) electrons. The van der Waals surface area contributed by atoms with Crippen LogP contribution in [0.2, 0.25) is 0 Å². The maximum Gasteiger partial charge on any atom is 0.0223 e. The molecule has 0 saturated carbocycles. The molecule has 0 amide bonds. The maximum atomic E-state index is 3.69. The summed E-state index contributed by atoms with van der Waals surface area (Å²) in [7, 11) is 0. The number of hydrogen-bond donors (Lipinski definition) is 1. The van der Waals surface area contributed by atoms with E-state index >= 15 is 0 Å². The van der Waals surface area contributed by atoms with Gasteiger partial charge < -0.3 is 10.2 Å². The molecule has 3 nitrogen and oxygen atoms in total. The molecule has 0 spiro atoms. The summed E-state index contributed by atoms with van der Waals surface area (Å²) in [4.78, 5) is 5.46. The molecule has 2 atom stereocenters. The highest BCUT2D eigenvalue weighted by Crippen LogP contribution is 2.26. The van der Waals surface area contributed by atoms with Crippen LogP contribution in [0.3, 0.4) is 0 Å². The van der Waals surface area contributed by atoms with E-state index < -0.39 is 0 Å². The lowest BCUT2D eigenvalue weighted by atomic mass is 9.84. The van der Waals surface area contributed by atoms with Crippen molar-refractivity contribution in [3.05, 3.63) is 0 Å². The van der Waals surface area contributed by atoms with E-state index in [0.29, 0.717) is 11.5 Å². The van der Waals surface area contributed by atoms with Gasteiger partial charge in [-0.25, -0.2) is 0 Å². The number of rotatable bonds is 6. The minimum atomic E-state index is 0.350. The van der Waals surface area contributed by atoms with Crippen molar-refractivity contribution in [1.82, 2.24) is 15.1 Å². The first-order valence-corrected chi connectivity index (χ1v) is 8.72. The van der Waals surface area contributed by atoms with Gasteiger partial charge in [-0.2, -0.15) is 0 Å². The quantitative estimate of drug-likeness (QED) is 0.807. The van der Waals surface area contributed by atoms with Crippen molar-refractivity contribution in [3.8, 4) is 0 Å². The molecule has 3 heteroatoms. The first kappa shape index (κ1) is 16.3. The van der Waals surface area contributed by atoms with Crippen LogP contribution in [0.25, 0.3) is 0 Å². The van der Waals surface area contributed by atoms with Gasteiger partial charge in [0.05, 0.1) is 0 Å². The Balaban J connectivity index is 1.87. The molecule has 0 aromatic rings. The van der Waals surface area contributed by atoms with E-state index in [1.165, 1.54) is 58.4 Å². The molecule has 118 valence electrons. The topological polar surface area (TPSA) is 18.5 Å². The molecule has 0 bridgehead atoms. The summed E-state index contributed by atoms with van der Waals surface area (Å²) in [6.45, 7) is 17.1. The van der Waals surface area contributed by atoms with Crippen molar-refractivity contribution in [2.75, 3.05) is 39.3 Å². The van der Waals surface area contributed by atoms with E-state index in [4.69, 9.17) is 0 Å². The second-order valence-corrected chi connectivity index (χ2v) is 7.59. The fourth-order valence-corrected chi connectivity index (χ4v) is 3.78. The van der Waals surface area contributed by atoms with Gasteiger partial charge in [-0.05, 0) is 64.2 Å². The van der Waals surface area contributed by atoms with E-state index in [1.54, 1.807) is 0 Å². The molecule has 0 aromatic carbocycles. The van der Waals surface area contributed by atoms with Crippen molar-refractivity contribution < 1.29 is 0 Å². The second-order valence-electron chi connectivity index (χ2n) is 7.59. The number of nitrogens with zero attached hydrogens (tertiary/aromatic N) is 2. The predicted octanol–water partition coefficient (Wildman–Crippen LogP) is 2.57. The summed E-state index contributed by atoms with van der Waals surface area (Å²) in [5, 5.41) is 3.69. The number of fused-ring (bicyclic) bond motifs is 1. The minimum Gasteiger partial charge on any atom is -0.314 e. The highest BCUT2D eigenvalue weighted by atomic mass is 15.3. The first-order valence-electron chi connectivity index (χ1n) is 8.72. The monoisotopic (exact) mass is 281 g/mol. The van der Waals surface area contributed by atoms with Gasteiger partial charge in [-0.15, -0.1) is 0 Å². The van der Waals surface area contributed by atoms with Gasteiger partial charge in [0.15, 0.2) is 0 Å². The Labute approximate surface area is 126 Å². The lowest BCUT2D eigenvalue weighted by molar-refractivity contribution is 0.133. The summed E-state index contributed by atoms with van der Waals surface area (Å²) < 4.78 is 0. The second kappa shape index (κ2) is 7.24. The summed E-state index contributed by atoms with van der Waals surface area (Å²) in [5.41, 5.74) is 0.350. The van der Waals surface area contributed by atoms with Gasteiger partial charge >= 0.3 is 0 Å². The van der Waals surface area contributed by atoms with Gasteiger partial charge in [0.1, 0.15) is 0 Å². The third-order valence-electron chi connectivity index (χ3n) is 5.39. The van der Waals surface area contributed by atoms with Crippen molar-refractivity contribution in [2.45, 2.75) is 65.5 Å². The fraction of sp³-hybridized carbons (Fsp3) is 1.00. The van der Waals surface area contributed by atoms with Crippen molar-refractivity contribution >= 4 is 0 Å². The van der Waals surface area contributed by atoms with Gasteiger partial charge in [-0.3, -0.25) is 4.90 Å². The van der Waals surface area contributed by atoms with Crippen LogP contribution < -0.4 is 5.32 Å². The zero-order chi connectivity index (χ0) is 14.6. The van der Waals surface area contributed by atoms with E-state index in [0.717, 1.165) is 12.6 Å². The molecule has 2 unspecified atom stereocenters. The van der Waals surface area contributed by atoms with E-state index in [1.807, 2.05) is 0 Å².